The highest BCUT2D eigenvalue weighted by Gasteiger charge is 2.23. The number of alkyl halides is 1. The Bertz CT molecular complexity index is 412. The smallest absolute Gasteiger partial charge is 0.296 e. The van der Waals surface area contributed by atoms with Crippen LogP contribution in [0.1, 0.15) is 44.0 Å². The molecule has 0 saturated carbocycles. The van der Waals surface area contributed by atoms with Crippen LogP contribution in [0.5, 0.6) is 0 Å². The molecule has 1 rings (SSSR count). The third-order valence-electron chi connectivity index (χ3n) is 2.79. The van der Waals surface area contributed by atoms with Gasteiger partial charge >= 0.3 is 0 Å². The molecule has 1 N–H and O–H groups in total. The first kappa shape index (κ1) is 14.9. The average Bonchev–Trinajstić information content (AvgIpc) is 2.37. The maximum Gasteiger partial charge on any atom is 0.296 e. The number of rotatable bonds is 7. The molecule has 0 spiro atoms. The molecule has 0 aromatic carbocycles. The van der Waals surface area contributed by atoms with Crippen molar-refractivity contribution in [3.8, 4) is 0 Å². The van der Waals surface area contributed by atoms with Crippen molar-refractivity contribution in [1.82, 2.24) is 10.3 Å². The van der Waals surface area contributed by atoms with E-state index in [-0.39, 0.29) is 17.6 Å². The van der Waals surface area contributed by atoms with E-state index in [0.717, 1.165) is 19.4 Å². The molecular weight excluding hydrogens is 254 g/mol. The number of hydrogen-bond acceptors (Lipinski definition) is 4. The maximum atomic E-state index is 11.1. The van der Waals surface area contributed by atoms with Gasteiger partial charge in [-0.1, -0.05) is 13.3 Å². The summed E-state index contributed by atoms with van der Waals surface area (Å²) >= 11 is 5.69. The number of nitrogens with one attached hydrogen (secondary N) is 1. The molecule has 1 heterocycles. The molecule has 1 unspecified atom stereocenters. The number of pyridine rings is 1. The highest BCUT2D eigenvalue weighted by molar-refractivity contribution is 6.17. The second kappa shape index (κ2) is 7.28. The molecule has 100 valence electrons. The second-order valence-electron chi connectivity index (χ2n) is 4.12. The average molecular weight is 272 g/mol. The van der Waals surface area contributed by atoms with E-state index in [1.165, 1.54) is 0 Å². The summed E-state index contributed by atoms with van der Waals surface area (Å²) in [6, 6.07) is 1.60. The summed E-state index contributed by atoms with van der Waals surface area (Å²) in [4.78, 5) is 14.7. The normalized spacial score (nSPS) is 12.4. The predicted molar refractivity (Wildman–Crippen MR) is 71.8 cm³/mol. The van der Waals surface area contributed by atoms with Gasteiger partial charge in [-0.15, -0.1) is 11.6 Å². The van der Waals surface area contributed by atoms with Gasteiger partial charge in [-0.3, -0.25) is 15.1 Å². The van der Waals surface area contributed by atoms with Crippen LogP contribution >= 0.6 is 11.6 Å². The molecule has 0 amide bonds. The lowest BCUT2D eigenvalue weighted by Crippen LogP contribution is -2.21. The largest absolute Gasteiger partial charge is 0.310 e. The molecule has 0 aliphatic heterocycles. The van der Waals surface area contributed by atoms with Gasteiger partial charge in [0.15, 0.2) is 0 Å². The minimum absolute atomic E-state index is 0.0315. The van der Waals surface area contributed by atoms with Gasteiger partial charge in [0.2, 0.25) is 0 Å². The van der Waals surface area contributed by atoms with Crippen molar-refractivity contribution < 1.29 is 4.92 Å². The zero-order valence-corrected chi connectivity index (χ0v) is 11.4. The van der Waals surface area contributed by atoms with E-state index < -0.39 is 4.92 Å². The van der Waals surface area contributed by atoms with Crippen LogP contribution in [0.3, 0.4) is 0 Å². The lowest BCUT2D eigenvalue weighted by atomic mass is 10.1. The van der Waals surface area contributed by atoms with E-state index in [1.807, 2.05) is 6.92 Å². The molecule has 1 atom stereocenters. The fraction of sp³-hybridized carbons (Fsp3) is 0.583. The topological polar surface area (TPSA) is 68.1 Å². The molecule has 0 radical (unpaired) electrons. The van der Waals surface area contributed by atoms with E-state index >= 15 is 0 Å². The lowest BCUT2D eigenvalue weighted by molar-refractivity contribution is -0.386. The summed E-state index contributed by atoms with van der Waals surface area (Å²) < 4.78 is 0. The van der Waals surface area contributed by atoms with Crippen LogP contribution in [0.15, 0.2) is 12.3 Å². The van der Waals surface area contributed by atoms with Gasteiger partial charge in [-0.05, 0) is 26.0 Å². The number of nitrogens with zero attached hydrogens (tertiary/aromatic N) is 2. The van der Waals surface area contributed by atoms with Gasteiger partial charge in [0.05, 0.1) is 10.8 Å². The van der Waals surface area contributed by atoms with E-state index in [2.05, 4.69) is 17.2 Å². The maximum absolute atomic E-state index is 11.1. The monoisotopic (exact) mass is 271 g/mol. The molecule has 0 bridgehead atoms. The Morgan fingerprint density at radius 1 is 1.61 bits per heavy atom. The number of unbranched alkanes of at least 4 members (excludes halogenated alkanes) is 1. The zero-order chi connectivity index (χ0) is 13.5. The second-order valence-corrected chi connectivity index (χ2v) is 4.38. The summed E-state index contributed by atoms with van der Waals surface area (Å²) in [5.74, 6) is 0.0475. The highest BCUT2D eigenvalue weighted by atomic mass is 35.5. The predicted octanol–water partition coefficient (Wildman–Crippen LogP) is 3.18. The standard InChI is InChI=1S/C12H18ClN3O2/c1-3-4-6-14-9(2)10-5-7-15-11(8-13)12(10)16(17)18/h5,7,9,14H,3-4,6,8H2,1-2H3. The van der Waals surface area contributed by atoms with Gasteiger partial charge < -0.3 is 5.32 Å². The van der Waals surface area contributed by atoms with Crippen LogP contribution < -0.4 is 5.32 Å². The number of halogens is 1. The highest BCUT2D eigenvalue weighted by Crippen LogP contribution is 2.28. The van der Waals surface area contributed by atoms with E-state index in [9.17, 15) is 10.1 Å². The van der Waals surface area contributed by atoms with Crippen molar-refractivity contribution in [3.63, 3.8) is 0 Å². The summed E-state index contributed by atoms with van der Waals surface area (Å²) in [6.07, 6.45) is 3.70. The number of nitro groups is 1. The number of hydrogen-bond donors (Lipinski definition) is 1. The number of aromatic nitrogens is 1. The molecule has 0 aliphatic carbocycles. The van der Waals surface area contributed by atoms with E-state index in [0.29, 0.717) is 11.3 Å². The first-order chi connectivity index (χ1) is 8.61. The SMILES string of the molecule is CCCCNC(C)c1ccnc(CCl)c1[N+](=O)[O-]. The van der Waals surface area contributed by atoms with Crippen LogP contribution in [0.25, 0.3) is 0 Å². The fourth-order valence-electron chi connectivity index (χ4n) is 1.78. The third-order valence-corrected chi connectivity index (χ3v) is 3.04. The van der Waals surface area contributed by atoms with Crippen LogP contribution in [-0.4, -0.2) is 16.5 Å². The van der Waals surface area contributed by atoms with Crippen molar-refractivity contribution in [1.29, 1.82) is 0 Å². The molecule has 5 nitrogen and oxygen atoms in total. The van der Waals surface area contributed by atoms with Crippen molar-refractivity contribution in [2.45, 2.75) is 38.6 Å². The Morgan fingerprint density at radius 3 is 2.89 bits per heavy atom. The third kappa shape index (κ3) is 3.65. The van der Waals surface area contributed by atoms with Gasteiger partial charge in [-0.25, -0.2) is 0 Å². The van der Waals surface area contributed by atoms with Crippen LogP contribution in [0, 0.1) is 10.1 Å². The van der Waals surface area contributed by atoms with Gasteiger partial charge in [0.1, 0.15) is 5.69 Å². The summed E-state index contributed by atoms with van der Waals surface area (Å²) in [6.45, 7) is 4.86. The molecule has 1 aromatic rings. The van der Waals surface area contributed by atoms with Gasteiger partial charge in [-0.2, -0.15) is 0 Å². The first-order valence-corrected chi connectivity index (χ1v) is 6.56. The van der Waals surface area contributed by atoms with E-state index in [4.69, 9.17) is 11.6 Å². The Hall–Kier alpha value is -1.20. The Morgan fingerprint density at radius 2 is 2.33 bits per heavy atom. The zero-order valence-electron chi connectivity index (χ0n) is 10.6. The first-order valence-electron chi connectivity index (χ1n) is 6.03. The van der Waals surface area contributed by atoms with Crippen molar-refractivity contribution in [2.75, 3.05) is 6.54 Å². The fourth-order valence-corrected chi connectivity index (χ4v) is 1.97. The Kier molecular flexibility index (Phi) is 6.01. The summed E-state index contributed by atoms with van der Waals surface area (Å²) in [7, 11) is 0. The van der Waals surface area contributed by atoms with Gasteiger partial charge in [0, 0.05) is 17.8 Å². The van der Waals surface area contributed by atoms with Crippen LogP contribution in [0.4, 0.5) is 5.69 Å². The van der Waals surface area contributed by atoms with Crippen molar-refractivity contribution >= 4 is 17.3 Å². The molecular formula is C12H18ClN3O2. The van der Waals surface area contributed by atoms with Gasteiger partial charge in [0.25, 0.3) is 5.69 Å². The molecule has 18 heavy (non-hydrogen) atoms. The lowest BCUT2D eigenvalue weighted by Gasteiger charge is -2.14. The van der Waals surface area contributed by atoms with Crippen molar-refractivity contribution in [2.24, 2.45) is 0 Å². The Balaban J connectivity index is 2.96. The molecule has 1 aromatic heterocycles. The van der Waals surface area contributed by atoms with Crippen LogP contribution in [0.2, 0.25) is 0 Å². The van der Waals surface area contributed by atoms with Crippen LogP contribution in [-0.2, 0) is 5.88 Å². The van der Waals surface area contributed by atoms with E-state index in [1.54, 1.807) is 12.3 Å². The summed E-state index contributed by atoms with van der Waals surface area (Å²) in [5.41, 5.74) is 0.994. The molecule has 0 saturated heterocycles. The molecule has 6 heteroatoms. The molecule has 0 fully saturated rings. The summed E-state index contributed by atoms with van der Waals surface area (Å²) in [5, 5.41) is 14.4. The molecule has 0 aliphatic rings. The minimum Gasteiger partial charge on any atom is -0.310 e. The quantitative estimate of drug-likeness (QED) is 0.358. The van der Waals surface area contributed by atoms with Crippen molar-refractivity contribution in [3.05, 3.63) is 33.6 Å². The Labute approximate surface area is 112 Å². The minimum atomic E-state index is -0.405.